The standard InChI is InChI=1S/C9H11Cl2NO2/c1-13-2-3-14-9-5-7(11)6(10)4-8(9)12/h4-5H,2-3,12H2,1H3. The molecule has 1 aromatic carbocycles. The first kappa shape index (κ1) is 11.4. The fourth-order valence-corrected chi connectivity index (χ4v) is 1.23. The molecule has 14 heavy (non-hydrogen) atoms. The van der Waals surface area contributed by atoms with E-state index in [4.69, 9.17) is 38.4 Å². The summed E-state index contributed by atoms with van der Waals surface area (Å²) in [5.74, 6) is 0.524. The third-order valence-electron chi connectivity index (χ3n) is 1.60. The number of hydrogen-bond donors (Lipinski definition) is 1. The van der Waals surface area contributed by atoms with E-state index in [-0.39, 0.29) is 0 Å². The second-order valence-corrected chi connectivity index (χ2v) is 3.46. The van der Waals surface area contributed by atoms with Gasteiger partial charge in [0.25, 0.3) is 0 Å². The second-order valence-electron chi connectivity index (χ2n) is 2.65. The summed E-state index contributed by atoms with van der Waals surface area (Å²) in [6.45, 7) is 0.929. The van der Waals surface area contributed by atoms with E-state index in [1.54, 1.807) is 19.2 Å². The van der Waals surface area contributed by atoms with E-state index >= 15 is 0 Å². The van der Waals surface area contributed by atoms with Gasteiger partial charge >= 0.3 is 0 Å². The van der Waals surface area contributed by atoms with Crippen LogP contribution in [0, 0.1) is 0 Å². The van der Waals surface area contributed by atoms with E-state index in [1.165, 1.54) is 0 Å². The average molecular weight is 236 g/mol. The first-order valence-electron chi connectivity index (χ1n) is 4.01. The summed E-state index contributed by atoms with van der Waals surface area (Å²) in [6.07, 6.45) is 0. The van der Waals surface area contributed by atoms with Crippen LogP contribution in [0.25, 0.3) is 0 Å². The van der Waals surface area contributed by atoms with Crippen molar-refractivity contribution in [3.63, 3.8) is 0 Å². The van der Waals surface area contributed by atoms with Gasteiger partial charge in [0.2, 0.25) is 0 Å². The Morgan fingerprint density at radius 1 is 1.21 bits per heavy atom. The molecule has 0 aliphatic rings. The van der Waals surface area contributed by atoms with Crippen molar-refractivity contribution < 1.29 is 9.47 Å². The molecule has 0 aromatic heterocycles. The molecule has 0 radical (unpaired) electrons. The normalized spacial score (nSPS) is 10.2. The molecule has 0 unspecified atom stereocenters. The van der Waals surface area contributed by atoms with Crippen molar-refractivity contribution in [2.45, 2.75) is 0 Å². The summed E-state index contributed by atoms with van der Waals surface area (Å²) in [4.78, 5) is 0. The van der Waals surface area contributed by atoms with Gasteiger partial charge in [0.15, 0.2) is 0 Å². The summed E-state index contributed by atoms with van der Waals surface area (Å²) >= 11 is 11.6. The number of nitrogen functional groups attached to an aromatic ring is 1. The molecule has 0 saturated carbocycles. The highest BCUT2D eigenvalue weighted by Crippen LogP contribution is 2.32. The SMILES string of the molecule is COCCOc1cc(Cl)c(Cl)cc1N. The molecule has 1 aromatic rings. The van der Waals surface area contributed by atoms with Crippen molar-refractivity contribution in [2.24, 2.45) is 0 Å². The fraction of sp³-hybridized carbons (Fsp3) is 0.333. The van der Waals surface area contributed by atoms with E-state index in [9.17, 15) is 0 Å². The number of nitrogens with two attached hydrogens (primary N) is 1. The van der Waals surface area contributed by atoms with Crippen molar-refractivity contribution in [2.75, 3.05) is 26.1 Å². The van der Waals surface area contributed by atoms with Gasteiger partial charge < -0.3 is 15.2 Å². The van der Waals surface area contributed by atoms with E-state index in [2.05, 4.69) is 0 Å². The molecule has 0 aliphatic carbocycles. The third kappa shape index (κ3) is 2.94. The van der Waals surface area contributed by atoms with Crippen LogP contribution in [-0.2, 0) is 4.74 Å². The van der Waals surface area contributed by atoms with Gasteiger partial charge in [-0.1, -0.05) is 23.2 Å². The van der Waals surface area contributed by atoms with Gasteiger partial charge in [-0.2, -0.15) is 0 Å². The first-order valence-corrected chi connectivity index (χ1v) is 4.77. The van der Waals surface area contributed by atoms with Gasteiger partial charge in [-0.25, -0.2) is 0 Å². The van der Waals surface area contributed by atoms with Crippen LogP contribution in [0.5, 0.6) is 5.75 Å². The molecule has 5 heteroatoms. The maximum atomic E-state index is 5.80. The Kier molecular flexibility index (Phi) is 4.32. The lowest BCUT2D eigenvalue weighted by Gasteiger charge is -2.09. The third-order valence-corrected chi connectivity index (χ3v) is 2.32. The van der Waals surface area contributed by atoms with Crippen LogP contribution in [0.2, 0.25) is 10.0 Å². The minimum absolute atomic E-state index is 0.420. The molecule has 0 aliphatic heterocycles. The van der Waals surface area contributed by atoms with Crippen LogP contribution in [-0.4, -0.2) is 20.3 Å². The van der Waals surface area contributed by atoms with Gasteiger partial charge in [-0.3, -0.25) is 0 Å². The fourth-order valence-electron chi connectivity index (χ4n) is 0.904. The van der Waals surface area contributed by atoms with Crippen LogP contribution < -0.4 is 10.5 Å². The predicted octanol–water partition coefficient (Wildman–Crippen LogP) is 2.60. The summed E-state index contributed by atoms with van der Waals surface area (Å²) in [5, 5.41) is 0.844. The second kappa shape index (κ2) is 5.29. The van der Waals surface area contributed by atoms with Crippen LogP contribution in [0.1, 0.15) is 0 Å². The maximum absolute atomic E-state index is 5.80. The van der Waals surface area contributed by atoms with E-state index in [1.807, 2.05) is 0 Å². The molecular weight excluding hydrogens is 225 g/mol. The number of hydrogen-bond acceptors (Lipinski definition) is 3. The topological polar surface area (TPSA) is 44.5 Å². The average Bonchev–Trinajstić information content (AvgIpc) is 2.14. The number of benzene rings is 1. The smallest absolute Gasteiger partial charge is 0.143 e. The van der Waals surface area contributed by atoms with E-state index in [0.717, 1.165) is 0 Å². The van der Waals surface area contributed by atoms with Crippen LogP contribution in [0.15, 0.2) is 12.1 Å². The minimum Gasteiger partial charge on any atom is -0.489 e. The summed E-state index contributed by atoms with van der Waals surface area (Å²) in [6, 6.07) is 3.15. The summed E-state index contributed by atoms with van der Waals surface area (Å²) < 4.78 is 10.2. The molecule has 0 amide bonds. The molecule has 0 atom stereocenters. The molecule has 3 nitrogen and oxygen atoms in total. The predicted molar refractivity (Wildman–Crippen MR) is 58.2 cm³/mol. The Balaban J connectivity index is 2.72. The lowest BCUT2D eigenvalue weighted by Crippen LogP contribution is -2.05. The monoisotopic (exact) mass is 235 g/mol. The molecule has 2 N–H and O–H groups in total. The van der Waals surface area contributed by atoms with E-state index < -0.39 is 0 Å². The number of halogens is 2. The Morgan fingerprint density at radius 2 is 1.86 bits per heavy atom. The van der Waals surface area contributed by atoms with Crippen LogP contribution >= 0.6 is 23.2 Å². The first-order chi connectivity index (χ1) is 6.65. The molecule has 0 bridgehead atoms. The molecule has 1 rings (SSSR count). The zero-order valence-electron chi connectivity index (χ0n) is 7.72. The van der Waals surface area contributed by atoms with Gasteiger partial charge in [0, 0.05) is 13.2 Å². The molecular formula is C9H11Cl2NO2. The number of methoxy groups -OCH3 is 1. The van der Waals surface area contributed by atoms with Gasteiger partial charge in [0.05, 0.1) is 22.3 Å². The highest BCUT2D eigenvalue weighted by atomic mass is 35.5. The van der Waals surface area contributed by atoms with Crippen molar-refractivity contribution in [1.82, 2.24) is 0 Å². The van der Waals surface area contributed by atoms with Crippen molar-refractivity contribution in [3.05, 3.63) is 22.2 Å². The highest BCUT2D eigenvalue weighted by Gasteiger charge is 2.05. The Bertz CT molecular complexity index is 318. The molecule has 0 spiro atoms. The molecule has 0 fully saturated rings. The number of anilines is 1. The van der Waals surface area contributed by atoms with Gasteiger partial charge in [0.1, 0.15) is 12.4 Å². The molecule has 0 heterocycles. The van der Waals surface area contributed by atoms with Crippen LogP contribution in [0.3, 0.4) is 0 Å². The minimum atomic E-state index is 0.420. The molecule has 78 valence electrons. The van der Waals surface area contributed by atoms with Gasteiger partial charge in [-0.15, -0.1) is 0 Å². The Labute approximate surface area is 92.7 Å². The van der Waals surface area contributed by atoms with Crippen molar-refractivity contribution in [3.8, 4) is 5.75 Å². The number of rotatable bonds is 4. The zero-order valence-corrected chi connectivity index (χ0v) is 9.23. The van der Waals surface area contributed by atoms with Crippen LogP contribution in [0.4, 0.5) is 5.69 Å². The quantitative estimate of drug-likeness (QED) is 0.645. The largest absolute Gasteiger partial charge is 0.489 e. The molecule has 0 saturated heterocycles. The van der Waals surface area contributed by atoms with Crippen molar-refractivity contribution >= 4 is 28.9 Å². The number of ether oxygens (including phenoxy) is 2. The van der Waals surface area contributed by atoms with Crippen molar-refractivity contribution in [1.29, 1.82) is 0 Å². The Morgan fingerprint density at radius 3 is 2.50 bits per heavy atom. The lowest BCUT2D eigenvalue weighted by molar-refractivity contribution is 0.146. The highest BCUT2D eigenvalue weighted by molar-refractivity contribution is 6.42. The van der Waals surface area contributed by atoms with Gasteiger partial charge in [-0.05, 0) is 6.07 Å². The summed E-state index contributed by atoms with van der Waals surface area (Å²) in [5.41, 5.74) is 6.13. The van der Waals surface area contributed by atoms with E-state index in [0.29, 0.717) is 34.7 Å². The maximum Gasteiger partial charge on any atom is 0.143 e. The lowest BCUT2D eigenvalue weighted by atomic mass is 10.3. The zero-order chi connectivity index (χ0) is 10.6. The summed E-state index contributed by atoms with van der Waals surface area (Å²) in [7, 11) is 1.60. The Hall–Kier alpha value is -0.640.